The summed E-state index contributed by atoms with van der Waals surface area (Å²) in [7, 11) is 0. The molecule has 0 aliphatic heterocycles. The largest absolute Gasteiger partial charge is 0.325 e. The predicted octanol–water partition coefficient (Wildman–Crippen LogP) is 1.41. The van der Waals surface area contributed by atoms with Crippen molar-refractivity contribution in [2.24, 2.45) is 0 Å². The molecule has 0 fully saturated rings. The molecule has 3 N–H and O–H groups in total. The topological polar surface area (TPSA) is 121 Å². The molecule has 1 atom stereocenters. The van der Waals surface area contributed by atoms with Crippen LogP contribution >= 0.6 is 11.8 Å². The summed E-state index contributed by atoms with van der Waals surface area (Å²) in [5.41, 5.74) is 1.64. The van der Waals surface area contributed by atoms with Gasteiger partial charge in [-0.25, -0.2) is 14.3 Å². The summed E-state index contributed by atoms with van der Waals surface area (Å²) < 4.78 is 1.56. The highest BCUT2D eigenvalue weighted by atomic mass is 32.2. The zero-order chi connectivity index (χ0) is 17.4. The third-order valence-electron chi connectivity index (χ3n) is 3.53. The maximum atomic E-state index is 12.4. The first-order valence-electron chi connectivity index (χ1n) is 7.45. The first-order valence-corrected chi connectivity index (χ1v) is 8.33. The molecule has 9 nitrogen and oxygen atoms in total. The summed E-state index contributed by atoms with van der Waals surface area (Å²) in [5.74, 6) is 0.300. The Labute approximate surface area is 144 Å². The van der Waals surface area contributed by atoms with Crippen molar-refractivity contribution < 1.29 is 4.79 Å². The van der Waals surface area contributed by atoms with Crippen molar-refractivity contribution in [1.29, 1.82) is 0 Å². The van der Waals surface area contributed by atoms with E-state index >= 15 is 0 Å². The van der Waals surface area contributed by atoms with E-state index < -0.39 is 5.25 Å². The predicted molar refractivity (Wildman–Crippen MR) is 93.7 cm³/mol. The van der Waals surface area contributed by atoms with E-state index in [9.17, 15) is 9.59 Å². The second-order valence-corrected chi connectivity index (χ2v) is 6.66. The van der Waals surface area contributed by atoms with Crippen LogP contribution in [0.25, 0.3) is 16.8 Å². The zero-order valence-corrected chi connectivity index (χ0v) is 13.9. The molecule has 126 valence electrons. The number of nitrogens with one attached hydrogen (secondary N) is 3. The highest BCUT2D eigenvalue weighted by Crippen LogP contribution is 2.22. The molecule has 1 unspecified atom stereocenters. The average molecular weight is 355 g/mol. The molecule has 3 aromatic heterocycles. The van der Waals surface area contributed by atoms with Crippen molar-refractivity contribution in [3.8, 4) is 0 Å². The van der Waals surface area contributed by atoms with Gasteiger partial charge >= 0.3 is 5.69 Å². The zero-order valence-electron chi connectivity index (χ0n) is 13.1. The van der Waals surface area contributed by atoms with Crippen LogP contribution in [0.4, 0.5) is 5.69 Å². The Morgan fingerprint density at radius 2 is 2.16 bits per heavy atom. The summed E-state index contributed by atoms with van der Waals surface area (Å²) in [4.78, 5) is 37.3. The molecule has 0 spiro atoms. The Morgan fingerprint density at radius 3 is 3.00 bits per heavy atom. The molecule has 0 saturated carbocycles. The fourth-order valence-corrected chi connectivity index (χ4v) is 3.08. The molecule has 1 amide bonds. The lowest BCUT2D eigenvalue weighted by Gasteiger charge is -2.10. The van der Waals surface area contributed by atoms with E-state index in [-0.39, 0.29) is 11.6 Å². The van der Waals surface area contributed by atoms with Gasteiger partial charge in [-0.15, -0.1) is 5.10 Å². The van der Waals surface area contributed by atoms with Crippen molar-refractivity contribution >= 4 is 40.2 Å². The van der Waals surface area contributed by atoms with Crippen LogP contribution in [0.15, 0.2) is 46.6 Å². The molecular weight excluding hydrogens is 342 g/mol. The first-order chi connectivity index (χ1) is 12.1. The standard InChI is InChI=1S/C15H13N7O2S/c1-8(25-15-20-13-16-5-2-6-22(13)21-15)12(23)17-9-3-4-10-11(7-9)19-14(24)18-10/h2-8H,1H3,(H,17,23)(H2,18,19,24). The van der Waals surface area contributed by atoms with Crippen LogP contribution < -0.4 is 11.0 Å². The van der Waals surface area contributed by atoms with Crippen LogP contribution in [0, 0.1) is 0 Å². The van der Waals surface area contributed by atoms with Crippen LogP contribution in [0.5, 0.6) is 0 Å². The molecule has 10 heteroatoms. The summed E-state index contributed by atoms with van der Waals surface area (Å²) in [6.45, 7) is 1.77. The Hall–Kier alpha value is -3.14. The Kier molecular flexibility index (Phi) is 3.73. The summed E-state index contributed by atoms with van der Waals surface area (Å²) in [5, 5.41) is 7.17. The maximum absolute atomic E-state index is 12.4. The minimum absolute atomic E-state index is 0.186. The Bertz CT molecular complexity index is 1100. The monoisotopic (exact) mass is 355 g/mol. The molecule has 0 aliphatic rings. The van der Waals surface area contributed by atoms with Gasteiger partial charge in [0.2, 0.25) is 11.1 Å². The number of rotatable bonds is 4. The summed E-state index contributed by atoms with van der Waals surface area (Å²) in [6, 6.07) is 6.92. The number of carbonyl (C=O) groups excluding carboxylic acids is 1. The number of imidazole rings is 1. The van der Waals surface area contributed by atoms with Gasteiger partial charge < -0.3 is 15.3 Å². The number of benzene rings is 1. The van der Waals surface area contributed by atoms with Crippen LogP contribution in [-0.4, -0.2) is 40.7 Å². The molecule has 4 aromatic rings. The van der Waals surface area contributed by atoms with Crippen molar-refractivity contribution in [2.75, 3.05) is 5.32 Å². The average Bonchev–Trinajstić information content (AvgIpc) is 3.15. The molecule has 4 rings (SSSR count). The second kappa shape index (κ2) is 6.06. The minimum Gasteiger partial charge on any atom is -0.325 e. The van der Waals surface area contributed by atoms with Crippen LogP contribution in [0.3, 0.4) is 0 Å². The highest BCUT2D eigenvalue weighted by Gasteiger charge is 2.18. The number of aromatic nitrogens is 6. The van der Waals surface area contributed by atoms with E-state index in [1.165, 1.54) is 11.8 Å². The molecule has 3 heterocycles. The normalized spacial score (nSPS) is 12.5. The fraction of sp³-hybridized carbons (Fsp3) is 0.133. The van der Waals surface area contributed by atoms with Crippen LogP contribution in [-0.2, 0) is 4.79 Å². The summed E-state index contributed by atoms with van der Waals surface area (Å²) in [6.07, 6.45) is 3.38. The van der Waals surface area contributed by atoms with Gasteiger partial charge in [0.1, 0.15) is 0 Å². The smallest absolute Gasteiger partial charge is 0.323 e. The lowest BCUT2D eigenvalue weighted by atomic mass is 10.2. The van der Waals surface area contributed by atoms with Crippen LogP contribution in [0.1, 0.15) is 6.92 Å². The number of nitrogens with zero attached hydrogens (tertiary/aromatic N) is 4. The third-order valence-corrected chi connectivity index (χ3v) is 4.48. The van der Waals surface area contributed by atoms with E-state index in [2.05, 4.69) is 30.4 Å². The molecule has 0 saturated heterocycles. The Morgan fingerprint density at radius 1 is 1.32 bits per heavy atom. The number of thioether (sulfide) groups is 1. The number of hydrogen-bond acceptors (Lipinski definition) is 6. The lowest BCUT2D eigenvalue weighted by Crippen LogP contribution is -2.22. The number of hydrogen-bond donors (Lipinski definition) is 3. The van der Waals surface area contributed by atoms with Gasteiger partial charge in [-0.3, -0.25) is 4.79 Å². The molecule has 0 radical (unpaired) electrons. The maximum Gasteiger partial charge on any atom is 0.323 e. The Balaban J connectivity index is 1.48. The van der Waals surface area contributed by atoms with Crippen molar-refractivity contribution in [3.63, 3.8) is 0 Å². The molecule has 1 aromatic carbocycles. The SMILES string of the molecule is CC(Sc1nc2ncccn2n1)C(=O)Nc1ccc2[nH]c(=O)[nH]c2c1. The highest BCUT2D eigenvalue weighted by molar-refractivity contribution is 8.00. The van der Waals surface area contributed by atoms with Gasteiger partial charge in [-0.1, -0.05) is 11.8 Å². The number of aromatic amines is 2. The lowest BCUT2D eigenvalue weighted by molar-refractivity contribution is -0.115. The van der Waals surface area contributed by atoms with E-state index in [1.54, 1.807) is 48.1 Å². The number of fused-ring (bicyclic) bond motifs is 2. The van der Waals surface area contributed by atoms with Crippen LogP contribution in [0.2, 0.25) is 0 Å². The first kappa shape index (κ1) is 15.4. The van der Waals surface area contributed by atoms with Gasteiger partial charge in [0.25, 0.3) is 5.78 Å². The van der Waals surface area contributed by atoms with Gasteiger partial charge in [-0.05, 0) is 31.2 Å². The van der Waals surface area contributed by atoms with E-state index in [4.69, 9.17) is 0 Å². The quantitative estimate of drug-likeness (QED) is 0.476. The molecule has 0 aliphatic carbocycles. The number of amides is 1. The fourth-order valence-electron chi connectivity index (χ4n) is 2.33. The molecule has 0 bridgehead atoms. The second-order valence-electron chi connectivity index (χ2n) is 5.35. The third kappa shape index (κ3) is 3.11. The van der Waals surface area contributed by atoms with Crippen molar-refractivity contribution in [1.82, 2.24) is 29.5 Å². The van der Waals surface area contributed by atoms with Gasteiger partial charge in [0, 0.05) is 18.1 Å². The minimum atomic E-state index is -0.404. The number of carbonyl (C=O) groups is 1. The van der Waals surface area contributed by atoms with Crippen molar-refractivity contribution in [2.45, 2.75) is 17.3 Å². The van der Waals surface area contributed by atoms with E-state index in [1.807, 2.05) is 0 Å². The van der Waals surface area contributed by atoms with Gasteiger partial charge in [0.15, 0.2) is 0 Å². The van der Waals surface area contributed by atoms with E-state index in [0.29, 0.717) is 27.7 Å². The number of anilines is 1. The van der Waals surface area contributed by atoms with E-state index in [0.717, 1.165) is 0 Å². The molecule has 25 heavy (non-hydrogen) atoms. The van der Waals surface area contributed by atoms with Crippen molar-refractivity contribution in [3.05, 3.63) is 47.1 Å². The summed E-state index contributed by atoms with van der Waals surface area (Å²) >= 11 is 1.25. The number of H-pyrrole nitrogens is 2. The van der Waals surface area contributed by atoms with Gasteiger partial charge in [0.05, 0.1) is 16.3 Å². The molecular formula is C15H13N7O2S. The van der Waals surface area contributed by atoms with Gasteiger partial charge in [-0.2, -0.15) is 4.98 Å².